The molecule has 3 nitrogen and oxygen atoms in total. The molecule has 27 heavy (non-hydrogen) atoms. The molecule has 1 saturated heterocycles. The lowest BCUT2D eigenvalue weighted by molar-refractivity contribution is -0.121. The normalized spacial score (nSPS) is 17.0. The average molecular weight is 365 g/mol. The molecule has 0 radical (unpaired) electrons. The minimum absolute atomic E-state index is 0.113. The Morgan fingerprint density at radius 2 is 1.81 bits per heavy atom. The van der Waals surface area contributed by atoms with Gasteiger partial charge in [-0.1, -0.05) is 37.3 Å². The molecular formula is C24H32N2O. The lowest BCUT2D eigenvalue weighted by Gasteiger charge is -2.32. The summed E-state index contributed by atoms with van der Waals surface area (Å²) in [6.07, 6.45) is 3.94. The number of aryl methyl sites for hydroxylation is 3. The van der Waals surface area contributed by atoms with Gasteiger partial charge < -0.3 is 10.2 Å². The van der Waals surface area contributed by atoms with E-state index in [4.69, 9.17) is 0 Å². The van der Waals surface area contributed by atoms with Gasteiger partial charge in [0.05, 0.1) is 0 Å². The van der Waals surface area contributed by atoms with Crippen molar-refractivity contribution in [2.24, 2.45) is 5.92 Å². The van der Waals surface area contributed by atoms with E-state index in [1.165, 1.54) is 35.2 Å². The molecule has 144 valence electrons. The third-order valence-corrected chi connectivity index (χ3v) is 5.66. The van der Waals surface area contributed by atoms with Gasteiger partial charge in [0.2, 0.25) is 5.91 Å². The van der Waals surface area contributed by atoms with Crippen LogP contribution in [0.5, 0.6) is 0 Å². The van der Waals surface area contributed by atoms with E-state index in [0.29, 0.717) is 13.0 Å². The molecule has 3 heteroatoms. The molecule has 2 aromatic rings. The van der Waals surface area contributed by atoms with Crippen molar-refractivity contribution in [2.75, 3.05) is 18.0 Å². The molecule has 1 aliphatic heterocycles. The van der Waals surface area contributed by atoms with Crippen LogP contribution in [0.2, 0.25) is 0 Å². The Bertz CT molecular complexity index is 766. The number of carbonyl (C=O) groups is 1. The molecule has 1 fully saturated rings. The van der Waals surface area contributed by atoms with Gasteiger partial charge in [-0.3, -0.25) is 4.79 Å². The summed E-state index contributed by atoms with van der Waals surface area (Å²) in [5.74, 6) is 0.886. The van der Waals surface area contributed by atoms with Crippen LogP contribution in [-0.2, 0) is 17.8 Å². The number of benzene rings is 2. The third-order valence-electron chi connectivity index (χ3n) is 5.66. The summed E-state index contributed by atoms with van der Waals surface area (Å²) < 4.78 is 0. The summed E-state index contributed by atoms with van der Waals surface area (Å²) in [6, 6.07) is 15.1. The molecule has 2 aromatic carbocycles. The number of nitrogens with zero attached hydrogens (tertiary/aromatic N) is 1. The van der Waals surface area contributed by atoms with Crippen molar-refractivity contribution in [3.05, 3.63) is 64.7 Å². The van der Waals surface area contributed by atoms with Crippen molar-refractivity contribution >= 4 is 11.6 Å². The van der Waals surface area contributed by atoms with Gasteiger partial charge in [0.15, 0.2) is 0 Å². The number of carbonyl (C=O) groups excluding carboxylic acids is 1. The zero-order valence-corrected chi connectivity index (χ0v) is 16.9. The van der Waals surface area contributed by atoms with Gasteiger partial charge in [0, 0.05) is 31.7 Å². The zero-order valence-electron chi connectivity index (χ0n) is 16.9. The summed E-state index contributed by atoms with van der Waals surface area (Å²) in [7, 11) is 0. The Kier molecular flexibility index (Phi) is 6.54. The van der Waals surface area contributed by atoms with E-state index in [2.05, 4.69) is 73.5 Å². The molecule has 0 unspecified atom stereocenters. The zero-order chi connectivity index (χ0) is 19.2. The van der Waals surface area contributed by atoms with Crippen LogP contribution in [0.4, 0.5) is 5.69 Å². The van der Waals surface area contributed by atoms with Gasteiger partial charge in [0.25, 0.3) is 0 Å². The molecule has 0 aromatic heterocycles. The molecular weight excluding hydrogens is 332 g/mol. The Morgan fingerprint density at radius 1 is 1.07 bits per heavy atom. The Morgan fingerprint density at radius 3 is 2.52 bits per heavy atom. The number of nitrogens with one attached hydrogen (secondary N) is 1. The summed E-state index contributed by atoms with van der Waals surface area (Å²) in [4.78, 5) is 14.6. The maximum absolute atomic E-state index is 12.2. The van der Waals surface area contributed by atoms with E-state index in [-0.39, 0.29) is 5.91 Å². The van der Waals surface area contributed by atoms with Crippen LogP contribution in [0.1, 0.15) is 48.4 Å². The highest BCUT2D eigenvalue weighted by Crippen LogP contribution is 2.23. The van der Waals surface area contributed by atoms with E-state index in [1.807, 2.05) is 0 Å². The van der Waals surface area contributed by atoms with Gasteiger partial charge >= 0.3 is 0 Å². The Balaban J connectivity index is 1.45. The van der Waals surface area contributed by atoms with E-state index >= 15 is 0 Å². The Hall–Kier alpha value is -2.29. The molecule has 1 aliphatic rings. The molecule has 1 atom stereocenters. The smallest absolute Gasteiger partial charge is 0.220 e. The van der Waals surface area contributed by atoms with Crippen molar-refractivity contribution in [3.63, 3.8) is 0 Å². The summed E-state index contributed by atoms with van der Waals surface area (Å²) in [5, 5.41) is 3.05. The highest BCUT2D eigenvalue weighted by Gasteiger charge is 2.16. The van der Waals surface area contributed by atoms with Gasteiger partial charge in [-0.25, -0.2) is 0 Å². The van der Waals surface area contributed by atoms with Gasteiger partial charge in [0.1, 0.15) is 0 Å². The van der Waals surface area contributed by atoms with Crippen LogP contribution in [0, 0.1) is 19.8 Å². The van der Waals surface area contributed by atoms with Crippen molar-refractivity contribution < 1.29 is 4.79 Å². The second-order valence-electron chi connectivity index (χ2n) is 8.06. The monoisotopic (exact) mass is 364 g/mol. The molecule has 0 bridgehead atoms. The SMILES string of the molecule is Cc1ccc(CCC(=O)NCc2ccc(N3CCC[C@H](C)C3)cc2)cc1C. The lowest BCUT2D eigenvalue weighted by atomic mass is 9.99. The van der Waals surface area contributed by atoms with Crippen LogP contribution in [0.25, 0.3) is 0 Å². The first-order valence-corrected chi connectivity index (χ1v) is 10.2. The highest BCUT2D eigenvalue weighted by molar-refractivity contribution is 5.76. The number of piperidine rings is 1. The van der Waals surface area contributed by atoms with Gasteiger partial charge in [-0.15, -0.1) is 0 Å². The molecule has 0 saturated carbocycles. The molecule has 0 aliphatic carbocycles. The molecule has 0 spiro atoms. The number of amides is 1. The number of hydrogen-bond donors (Lipinski definition) is 1. The summed E-state index contributed by atoms with van der Waals surface area (Å²) >= 11 is 0. The van der Waals surface area contributed by atoms with Gasteiger partial charge in [-0.2, -0.15) is 0 Å². The fourth-order valence-electron chi connectivity index (χ4n) is 3.75. The number of hydrogen-bond acceptors (Lipinski definition) is 2. The fourth-order valence-corrected chi connectivity index (χ4v) is 3.75. The van der Waals surface area contributed by atoms with Gasteiger partial charge in [-0.05, 0) is 73.4 Å². The predicted octanol–water partition coefficient (Wildman–Crippen LogP) is 4.79. The van der Waals surface area contributed by atoms with E-state index < -0.39 is 0 Å². The van der Waals surface area contributed by atoms with Crippen molar-refractivity contribution in [2.45, 2.75) is 53.0 Å². The second-order valence-corrected chi connectivity index (χ2v) is 8.06. The van der Waals surface area contributed by atoms with Crippen molar-refractivity contribution in [1.29, 1.82) is 0 Å². The minimum Gasteiger partial charge on any atom is -0.371 e. The quantitative estimate of drug-likeness (QED) is 0.799. The molecule has 1 N–H and O–H groups in total. The maximum Gasteiger partial charge on any atom is 0.220 e. The number of rotatable bonds is 6. The number of anilines is 1. The lowest BCUT2D eigenvalue weighted by Crippen LogP contribution is -2.34. The highest BCUT2D eigenvalue weighted by atomic mass is 16.1. The van der Waals surface area contributed by atoms with Crippen LogP contribution >= 0.6 is 0 Å². The van der Waals surface area contributed by atoms with Crippen LogP contribution in [-0.4, -0.2) is 19.0 Å². The molecule has 3 rings (SSSR count). The van der Waals surface area contributed by atoms with Crippen LogP contribution in [0.3, 0.4) is 0 Å². The summed E-state index contributed by atoms with van der Waals surface area (Å²) in [6.45, 7) is 9.46. The average Bonchev–Trinajstić information content (AvgIpc) is 2.67. The predicted molar refractivity (Wildman–Crippen MR) is 113 cm³/mol. The standard InChI is InChI=1S/C24H32N2O/c1-18-5-4-14-26(17-18)23-11-8-22(9-12-23)16-25-24(27)13-10-21-7-6-19(2)20(3)15-21/h6-9,11-12,15,18H,4-5,10,13-14,16-17H2,1-3H3,(H,25,27)/t18-/m0/s1. The van der Waals surface area contributed by atoms with E-state index in [9.17, 15) is 4.79 Å². The van der Waals surface area contributed by atoms with E-state index in [0.717, 1.165) is 31.0 Å². The van der Waals surface area contributed by atoms with E-state index in [1.54, 1.807) is 0 Å². The first-order chi connectivity index (χ1) is 13.0. The first kappa shape index (κ1) is 19.5. The van der Waals surface area contributed by atoms with Crippen molar-refractivity contribution in [1.82, 2.24) is 5.32 Å². The maximum atomic E-state index is 12.2. The summed E-state index contributed by atoms with van der Waals surface area (Å²) in [5.41, 5.74) is 6.27. The van der Waals surface area contributed by atoms with Crippen molar-refractivity contribution in [3.8, 4) is 0 Å². The topological polar surface area (TPSA) is 32.3 Å². The third kappa shape index (κ3) is 5.59. The Labute approximate surface area is 163 Å². The fraction of sp³-hybridized carbons (Fsp3) is 0.458. The minimum atomic E-state index is 0.113. The van der Waals surface area contributed by atoms with Crippen LogP contribution < -0.4 is 10.2 Å². The molecule has 1 heterocycles. The van der Waals surface area contributed by atoms with Crippen LogP contribution in [0.15, 0.2) is 42.5 Å². The molecule has 1 amide bonds. The second kappa shape index (κ2) is 9.07. The largest absolute Gasteiger partial charge is 0.371 e. The first-order valence-electron chi connectivity index (χ1n) is 10.2.